The highest BCUT2D eigenvalue weighted by Gasteiger charge is 2.02. The number of nitrogens with zero attached hydrogens (tertiary/aromatic N) is 1. The first-order valence-corrected chi connectivity index (χ1v) is 7.32. The van der Waals surface area contributed by atoms with Gasteiger partial charge in [0.1, 0.15) is 5.75 Å². The van der Waals surface area contributed by atoms with Crippen LogP contribution in [0.3, 0.4) is 0 Å². The van der Waals surface area contributed by atoms with Crippen LogP contribution in [0.15, 0.2) is 41.4 Å². The van der Waals surface area contributed by atoms with Crippen LogP contribution >= 0.6 is 46.9 Å². The van der Waals surface area contributed by atoms with Gasteiger partial charge < -0.3 is 15.8 Å². The maximum Gasteiger partial charge on any atom is 0.193 e. The van der Waals surface area contributed by atoms with Crippen molar-refractivity contribution in [2.75, 3.05) is 19.0 Å². The van der Waals surface area contributed by atoms with Gasteiger partial charge in [-0.15, -0.1) is 35.3 Å². The van der Waals surface area contributed by atoms with Crippen molar-refractivity contribution in [1.82, 2.24) is 0 Å². The lowest BCUT2D eigenvalue weighted by molar-refractivity contribution is 0.417. The summed E-state index contributed by atoms with van der Waals surface area (Å²) in [6.45, 7) is 0.616. The number of guanidine groups is 1. The van der Waals surface area contributed by atoms with Crippen LogP contribution in [-0.2, 0) is 6.42 Å². The minimum Gasteiger partial charge on any atom is -0.495 e. The van der Waals surface area contributed by atoms with Crippen LogP contribution < -0.4 is 15.8 Å². The number of para-hydroxylation sites is 2. The van der Waals surface area contributed by atoms with Crippen molar-refractivity contribution in [1.29, 1.82) is 0 Å². The van der Waals surface area contributed by atoms with E-state index in [1.165, 1.54) is 4.88 Å². The molecule has 0 saturated carbocycles. The molecule has 0 bridgehead atoms. The van der Waals surface area contributed by atoms with E-state index in [0.717, 1.165) is 22.2 Å². The minimum absolute atomic E-state index is 0. The van der Waals surface area contributed by atoms with Gasteiger partial charge in [0.2, 0.25) is 0 Å². The van der Waals surface area contributed by atoms with E-state index in [1.54, 1.807) is 18.4 Å². The van der Waals surface area contributed by atoms with Crippen LogP contribution in [0.25, 0.3) is 0 Å². The van der Waals surface area contributed by atoms with Gasteiger partial charge in [-0.1, -0.05) is 23.7 Å². The first-order chi connectivity index (χ1) is 9.69. The third-order valence-corrected chi connectivity index (χ3v) is 3.93. The Morgan fingerprint density at radius 2 is 2.10 bits per heavy atom. The van der Waals surface area contributed by atoms with Crippen LogP contribution in [0.5, 0.6) is 5.75 Å². The second-order valence-corrected chi connectivity index (χ2v) is 5.85. The Morgan fingerprint density at radius 3 is 2.76 bits per heavy atom. The van der Waals surface area contributed by atoms with Crippen molar-refractivity contribution in [3.63, 3.8) is 0 Å². The highest BCUT2D eigenvalue weighted by molar-refractivity contribution is 14.0. The monoisotopic (exact) mass is 437 g/mol. The largest absolute Gasteiger partial charge is 0.495 e. The maximum absolute atomic E-state index is 5.87. The molecule has 0 fully saturated rings. The molecule has 0 unspecified atom stereocenters. The molecule has 0 aliphatic heterocycles. The topological polar surface area (TPSA) is 59.6 Å². The number of hydrogen-bond acceptors (Lipinski definition) is 3. The first-order valence-electron chi connectivity index (χ1n) is 6.13. The average molecular weight is 438 g/mol. The van der Waals surface area contributed by atoms with Gasteiger partial charge in [-0.3, -0.25) is 4.99 Å². The zero-order chi connectivity index (χ0) is 14.4. The number of nitrogens with two attached hydrogens (primary N) is 1. The van der Waals surface area contributed by atoms with Crippen LogP contribution in [0.4, 0.5) is 5.69 Å². The van der Waals surface area contributed by atoms with Crippen molar-refractivity contribution in [2.24, 2.45) is 10.7 Å². The van der Waals surface area contributed by atoms with E-state index < -0.39 is 0 Å². The fraction of sp³-hybridized carbons (Fsp3) is 0.214. The van der Waals surface area contributed by atoms with Crippen molar-refractivity contribution in [3.05, 3.63) is 45.6 Å². The molecular weight excluding hydrogens is 421 g/mol. The number of methoxy groups -OCH3 is 1. The van der Waals surface area contributed by atoms with E-state index in [-0.39, 0.29) is 24.0 Å². The van der Waals surface area contributed by atoms with Gasteiger partial charge in [0.05, 0.1) is 17.1 Å². The summed E-state index contributed by atoms with van der Waals surface area (Å²) in [6, 6.07) is 11.5. The van der Waals surface area contributed by atoms with Crippen molar-refractivity contribution in [2.45, 2.75) is 6.42 Å². The van der Waals surface area contributed by atoms with Gasteiger partial charge in [0, 0.05) is 17.8 Å². The summed E-state index contributed by atoms with van der Waals surface area (Å²) in [5, 5.41) is 3.03. The number of ether oxygens (including phenoxy) is 1. The summed E-state index contributed by atoms with van der Waals surface area (Å²) < 4.78 is 6.03. The third kappa shape index (κ3) is 5.72. The summed E-state index contributed by atoms with van der Waals surface area (Å²) in [7, 11) is 1.62. The number of nitrogens with one attached hydrogen (secondary N) is 1. The molecule has 0 aliphatic rings. The molecule has 21 heavy (non-hydrogen) atoms. The predicted octanol–water partition coefficient (Wildman–Crippen LogP) is 4.00. The van der Waals surface area contributed by atoms with Gasteiger partial charge in [0.25, 0.3) is 0 Å². The number of benzene rings is 1. The summed E-state index contributed by atoms with van der Waals surface area (Å²) in [4.78, 5) is 5.49. The Balaban J connectivity index is 0.00000220. The number of anilines is 1. The maximum atomic E-state index is 5.87. The minimum atomic E-state index is 0. The molecule has 3 N–H and O–H groups in total. The summed E-state index contributed by atoms with van der Waals surface area (Å²) in [5.41, 5.74) is 6.66. The van der Waals surface area contributed by atoms with E-state index in [9.17, 15) is 0 Å². The quantitative estimate of drug-likeness (QED) is 0.422. The van der Waals surface area contributed by atoms with Crippen molar-refractivity contribution in [3.8, 4) is 5.75 Å². The Kier molecular flexibility index (Phi) is 7.84. The molecule has 0 radical (unpaired) electrons. The lowest BCUT2D eigenvalue weighted by Crippen LogP contribution is -2.23. The van der Waals surface area contributed by atoms with Gasteiger partial charge in [-0.05, 0) is 24.3 Å². The molecular formula is C14H17ClIN3OS. The van der Waals surface area contributed by atoms with E-state index in [1.807, 2.05) is 36.4 Å². The van der Waals surface area contributed by atoms with Crippen LogP contribution in [-0.4, -0.2) is 19.6 Å². The van der Waals surface area contributed by atoms with E-state index in [0.29, 0.717) is 12.5 Å². The van der Waals surface area contributed by atoms with Crippen LogP contribution in [0, 0.1) is 0 Å². The number of rotatable bonds is 5. The summed E-state index contributed by atoms with van der Waals surface area (Å²) >= 11 is 7.44. The van der Waals surface area contributed by atoms with Crippen LogP contribution in [0.1, 0.15) is 4.88 Å². The normalized spacial score (nSPS) is 10.9. The second kappa shape index (κ2) is 9.11. The molecule has 0 amide bonds. The zero-order valence-corrected chi connectivity index (χ0v) is 15.4. The number of hydrogen-bond donors (Lipinski definition) is 2. The van der Waals surface area contributed by atoms with Gasteiger partial charge in [0.15, 0.2) is 5.96 Å². The Morgan fingerprint density at radius 1 is 1.33 bits per heavy atom. The van der Waals surface area contributed by atoms with Gasteiger partial charge >= 0.3 is 0 Å². The standard InChI is InChI=1S/C14H16ClN3OS.HI/c1-19-12-5-3-2-4-11(12)18-14(16)17-9-8-10-6-7-13(15)20-10;/h2-7H,8-9H2,1H3,(H3,16,17,18);1H. The molecule has 7 heteroatoms. The second-order valence-electron chi connectivity index (χ2n) is 4.05. The highest BCUT2D eigenvalue weighted by Crippen LogP contribution is 2.23. The van der Waals surface area contributed by atoms with Crippen molar-refractivity contribution < 1.29 is 4.74 Å². The zero-order valence-electron chi connectivity index (χ0n) is 11.5. The molecule has 0 aliphatic carbocycles. The van der Waals surface area contributed by atoms with E-state index in [4.69, 9.17) is 22.1 Å². The van der Waals surface area contributed by atoms with Crippen molar-refractivity contribution >= 4 is 58.6 Å². The van der Waals surface area contributed by atoms with E-state index in [2.05, 4.69) is 10.3 Å². The molecule has 1 heterocycles. The lowest BCUT2D eigenvalue weighted by Gasteiger charge is -2.09. The molecule has 4 nitrogen and oxygen atoms in total. The van der Waals surface area contributed by atoms with Gasteiger partial charge in [-0.2, -0.15) is 0 Å². The van der Waals surface area contributed by atoms with Gasteiger partial charge in [-0.25, -0.2) is 0 Å². The smallest absolute Gasteiger partial charge is 0.193 e. The fourth-order valence-corrected chi connectivity index (χ4v) is 2.77. The predicted molar refractivity (Wildman–Crippen MR) is 102 cm³/mol. The number of halogens is 2. The SMILES string of the molecule is COc1ccccc1NC(N)=NCCc1ccc(Cl)s1.I. The first kappa shape index (κ1) is 18.1. The molecule has 2 rings (SSSR count). The molecule has 2 aromatic rings. The molecule has 1 aromatic heterocycles. The molecule has 1 aromatic carbocycles. The summed E-state index contributed by atoms with van der Waals surface area (Å²) in [6.07, 6.45) is 0.825. The average Bonchev–Trinajstić information content (AvgIpc) is 2.85. The fourth-order valence-electron chi connectivity index (χ4n) is 1.70. The third-order valence-electron chi connectivity index (χ3n) is 2.64. The Hall–Kier alpha value is -0.990. The lowest BCUT2D eigenvalue weighted by atomic mass is 10.3. The number of thiophene rings is 1. The molecule has 0 spiro atoms. The van der Waals surface area contributed by atoms with Crippen LogP contribution in [0.2, 0.25) is 4.34 Å². The molecule has 0 saturated heterocycles. The highest BCUT2D eigenvalue weighted by atomic mass is 127. The van der Waals surface area contributed by atoms with E-state index >= 15 is 0 Å². The Bertz CT molecular complexity index is 603. The number of aliphatic imine (C=N–C) groups is 1. The molecule has 0 atom stereocenters. The Labute approximate surface area is 150 Å². The summed E-state index contributed by atoms with van der Waals surface area (Å²) in [5.74, 6) is 1.10. The molecule has 114 valence electrons.